The molecule has 2 amide bonds. The molecule has 0 aliphatic heterocycles. The van der Waals surface area contributed by atoms with Crippen molar-refractivity contribution >= 4 is 40.2 Å². The van der Waals surface area contributed by atoms with Crippen molar-refractivity contribution < 1.29 is 19.4 Å². The van der Waals surface area contributed by atoms with E-state index in [1.807, 2.05) is 17.0 Å². The number of hydrogen-bond donors (Lipinski definition) is 2. The monoisotopic (exact) mass is 505 g/mol. The zero-order valence-corrected chi connectivity index (χ0v) is 22.0. The second-order valence-electron chi connectivity index (χ2n) is 9.42. The van der Waals surface area contributed by atoms with E-state index in [2.05, 4.69) is 36.3 Å². The van der Waals surface area contributed by atoms with Gasteiger partial charge in [-0.25, -0.2) is 9.78 Å². The first-order chi connectivity index (χ1) is 16.2. The molecule has 0 unspecified atom stereocenters. The minimum Gasteiger partial charge on any atom is -0.480 e. The number of aryl methyl sites for hydroxylation is 1. The van der Waals surface area contributed by atoms with Crippen LogP contribution in [0.4, 0.5) is 9.93 Å². The molecular weight excluding hydrogens is 470 g/mol. The molecule has 0 saturated heterocycles. The first kappa shape index (κ1) is 26.5. The molecule has 34 heavy (non-hydrogen) atoms. The maximum absolute atomic E-state index is 13.2. The van der Waals surface area contributed by atoms with Gasteiger partial charge in [-0.3, -0.25) is 10.1 Å². The van der Waals surface area contributed by atoms with Gasteiger partial charge >= 0.3 is 12.0 Å². The zero-order valence-electron chi connectivity index (χ0n) is 20.4. The van der Waals surface area contributed by atoms with Gasteiger partial charge in [0.05, 0.1) is 23.6 Å². The fourth-order valence-electron chi connectivity index (χ4n) is 3.94. The van der Waals surface area contributed by atoms with Gasteiger partial charge in [-0.2, -0.15) is 0 Å². The van der Waals surface area contributed by atoms with Crippen molar-refractivity contribution in [1.82, 2.24) is 9.88 Å². The van der Waals surface area contributed by atoms with Crippen molar-refractivity contribution in [3.8, 4) is 0 Å². The lowest BCUT2D eigenvalue weighted by Crippen LogP contribution is -2.46. The number of ether oxygens (including phenoxy) is 1. The average Bonchev–Trinajstić information content (AvgIpc) is 3.21. The molecule has 0 bridgehead atoms. The number of aromatic nitrogens is 1. The molecule has 2 aromatic rings. The smallest absolute Gasteiger partial charge is 0.323 e. The standard InChI is InChI=1S/C25H35N3O4S2/c1-17-9-11-20(12-10-17)28(13-14-32-16-19-8-6-5-7-18(19)2)24(31)27-23-26-15-21(33-23)34-25(3,4)22(29)30/h5-8,15,17,20H,9-14,16H2,1-4H3,(H,29,30)(H,26,27,31). The maximum atomic E-state index is 13.2. The summed E-state index contributed by atoms with van der Waals surface area (Å²) in [6.45, 7) is 9.13. The quantitative estimate of drug-likeness (QED) is 0.302. The molecule has 1 saturated carbocycles. The van der Waals surface area contributed by atoms with Gasteiger partial charge in [0, 0.05) is 12.6 Å². The van der Waals surface area contributed by atoms with Crippen molar-refractivity contribution in [3.05, 3.63) is 41.6 Å². The average molecular weight is 506 g/mol. The third kappa shape index (κ3) is 7.45. The fourth-order valence-corrected chi connectivity index (χ4v) is 6.21. The van der Waals surface area contributed by atoms with E-state index in [0.717, 1.165) is 35.5 Å². The molecule has 0 radical (unpaired) electrons. The van der Waals surface area contributed by atoms with E-state index < -0.39 is 10.7 Å². The number of benzene rings is 1. The molecule has 9 heteroatoms. The van der Waals surface area contributed by atoms with E-state index in [1.165, 1.54) is 28.7 Å². The van der Waals surface area contributed by atoms with Crippen LogP contribution in [-0.2, 0) is 16.1 Å². The van der Waals surface area contributed by atoms with E-state index in [9.17, 15) is 14.7 Å². The molecule has 7 nitrogen and oxygen atoms in total. The van der Waals surface area contributed by atoms with Crippen LogP contribution in [0.15, 0.2) is 34.7 Å². The van der Waals surface area contributed by atoms with Crippen LogP contribution >= 0.6 is 23.1 Å². The Morgan fingerprint density at radius 1 is 1.26 bits per heavy atom. The Bertz CT molecular complexity index is 971. The Hall–Kier alpha value is -2.10. The highest BCUT2D eigenvalue weighted by Crippen LogP contribution is 2.37. The molecule has 1 aromatic heterocycles. The maximum Gasteiger partial charge on any atom is 0.323 e. The molecule has 1 fully saturated rings. The van der Waals surface area contributed by atoms with Gasteiger partial charge in [-0.05, 0) is 63.5 Å². The summed E-state index contributed by atoms with van der Waals surface area (Å²) < 4.78 is 5.72. The van der Waals surface area contributed by atoms with Gasteiger partial charge in [0.1, 0.15) is 4.75 Å². The zero-order chi connectivity index (χ0) is 24.7. The first-order valence-electron chi connectivity index (χ1n) is 11.7. The molecule has 2 N–H and O–H groups in total. The van der Waals surface area contributed by atoms with Crippen molar-refractivity contribution in [2.24, 2.45) is 5.92 Å². The van der Waals surface area contributed by atoms with Crippen LogP contribution in [-0.4, -0.2) is 50.9 Å². The van der Waals surface area contributed by atoms with Crippen LogP contribution in [0.3, 0.4) is 0 Å². The van der Waals surface area contributed by atoms with Crippen LogP contribution in [0.2, 0.25) is 0 Å². The number of carboxylic acids is 1. The van der Waals surface area contributed by atoms with Gasteiger partial charge in [-0.15, -0.1) is 0 Å². The second kappa shape index (κ2) is 12.0. The van der Waals surface area contributed by atoms with Gasteiger partial charge in [0.2, 0.25) is 0 Å². The Kier molecular flexibility index (Phi) is 9.39. The summed E-state index contributed by atoms with van der Waals surface area (Å²) in [5, 5.41) is 12.8. The van der Waals surface area contributed by atoms with Gasteiger partial charge in [-0.1, -0.05) is 54.3 Å². The topological polar surface area (TPSA) is 91.8 Å². The minimum atomic E-state index is -0.965. The van der Waals surface area contributed by atoms with Crippen LogP contribution in [0.1, 0.15) is 57.6 Å². The fraction of sp³-hybridized carbons (Fsp3) is 0.560. The molecule has 3 rings (SSSR count). The Balaban J connectivity index is 1.60. The number of urea groups is 1. The van der Waals surface area contributed by atoms with Gasteiger partial charge in [0.15, 0.2) is 5.13 Å². The number of amides is 2. The van der Waals surface area contributed by atoms with Crippen LogP contribution in [0, 0.1) is 12.8 Å². The highest BCUT2D eigenvalue weighted by atomic mass is 32.2. The molecule has 1 aliphatic carbocycles. The van der Waals surface area contributed by atoms with Crippen molar-refractivity contribution in [2.45, 2.75) is 75.0 Å². The number of hydrogen-bond acceptors (Lipinski definition) is 6. The van der Waals surface area contributed by atoms with E-state index in [4.69, 9.17) is 4.74 Å². The number of aliphatic carboxylic acids is 1. The largest absolute Gasteiger partial charge is 0.480 e. The van der Waals surface area contributed by atoms with E-state index in [-0.39, 0.29) is 12.1 Å². The number of carbonyl (C=O) groups is 2. The third-order valence-electron chi connectivity index (χ3n) is 6.25. The molecular formula is C25H35N3O4S2. The summed E-state index contributed by atoms with van der Waals surface area (Å²) in [5.74, 6) is -0.200. The normalized spacial score (nSPS) is 18.5. The lowest BCUT2D eigenvalue weighted by Gasteiger charge is -2.36. The molecule has 0 atom stereocenters. The number of nitrogens with one attached hydrogen (secondary N) is 1. The minimum absolute atomic E-state index is 0.178. The predicted molar refractivity (Wildman–Crippen MR) is 138 cm³/mol. The van der Waals surface area contributed by atoms with E-state index in [1.54, 1.807) is 20.0 Å². The predicted octanol–water partition coefficient (Wildman–Crippen LogP) is 6.04. The summed E-state index contributed by atoms with van der Waals surface area (Å²) in [6, 6.07) is 8.15. The van der Waals surface area contributed by atoms with Crippen molar-refractivity contribution in [3.63, 3.8) is 0 Å². The van der Waals surface area contributed by atoms with Gasteiger partial charge in [0.25, 0.3) is 0 Å². The van der Waals surface area contributed by atoms with E-state index >= 15 is 0 Å². The van der Waals surface area contributed by atoms with Crippen LogP contribution < -0.4 is 5.32 Å². The lowest BCUT2D eigenvalue weighted by atomic mass is 9.86. The Morgan fingerprint density at radius 2 is 1.97 bits per heavy atom. The van der Waals surface area contributed by atoms with E-state index in [0.29, 0.717) is 30.8 Å². The molecule has 1 heterocycles. The highest BCUT2D eigenvalue weighted by molar-refractivity contribution is 8.03. The third-order valence-corrected chi connectivity index (χ3v) is 8.45. The van der Waals surface area contributed by atoms with Crippen LogP contribution in [0.5, 0.6) is 0 Å². The Labute approximate surface area is 210 Å². The van der Waals surface area contributed by atoms with Gasteiger partial charge < -0.3 is 14.7 Å². The van der Waals surface area contributed by atoms with Crippen molar-refractivity contribution in [1.29, 1.82) is 0 Å². The second-order valence-corrected chi connectivity index (χ2v) is 12.4. The summed E-state index contributed by atoms with van der Waals surface area (Å²) in [7, 11) is 0. The molecule has 1 aliphatic rings. The number of carbonyl (C=O) groups excluding carboxylic acids is 1. The number of nitrogens with zero attached hydrogens (tertiary/aromatic N) is 2. The summed E-state index contributed by atoms with van der Waals surface area (Å²) in [4.78, 5) is 30.8. The molecule has 1 aromatic carbocycles. The summed E-state index contributed by atoms with van der Waals surface area (Å²) in [5.41, 5.74) is 2.35. The SMILES string of the molecule is Cc1ccccc1COCCN(C(=O)Nc1ncc(SC(C)(C)C(=O)O)s1)C1CCC(C)CC1. The lowest BCUT2D eigenvalue weighted by molar-refractivity contribution is -0.138. The number of thioether (sulfide) groups is 1. The highest BCUT2D eigenvalue weighted by Gasteiger charge is 2.30. The number of carboxylic acid groups (broad SMARTS) is 1. The number of anilines is 1. The number of thiazole rings is 1. The van der Waals surface area contributed by atoms with Crippen LogP contribution in [0.25, 0.3) is 0 Å². The number of rotatable bonds is 10. The molecule has 0 spiro atoms. The molecule has 186 valence electrons. The summed E-state index contributed by atoms with van der Waals surface area (Å²) in [6.07, 6.45) is 5.81. The van der Waals surface area contributed by atoms with Crippen molar-refractivity contribution in [2.75, 3.05) is 18.5 Å². The summed E-state index contributed by atoms with van der Waals surface area (Å²) >= 11 is 2.52. The Morgan fingerprint density at radius 3 is 2.65 bits per heavy atom. The first-order valence-corrected chi connectivity index (χ1v) is 13.4.